The molecule has 1 aromatic rings. The molecule has 0 saturated heterocycles. The van der Waals surface area contributed by atoms with Crippen LogP contribution in [0.5, 0.6) is 0 Å². The molecule has 1 fully saturated rings. The van der Waals surface area contributed by atoms with Gasteiger partial charge in [0.15, 0.2) is 0 Å². The molecule has 0 spiro atoms. The van der Waals surface area contributed by atoms with Gasteiger partial charge < -0.3 is 4.90 Å². The number of pyridine rings is 1. The van der Waals surface area contributed by atoms with Crippen molar-refractivity contribution in [3.63, 3.8) is 0 Å². The van der Waals surface area contributed by atoms with Crippen LogP contribution in [0, 0.1) is 6.92 Å². The first kappa shape index (κ1) is 9.78. The summed E-state index contributed by atoms with van der Waals surface area (Å²) in [6, 6.07) is 6.83. The lowest BCUT2D eigenvalue weighted by molar-refractivity contribution is 0.809. The maximum absolute atomic E-state index is 5.79. The van der Waals surface area contributed by atoms with Crippen molar-refractivity contribution in [1.29, 1.82) is 0 Å². The van der Waals surface area contributed by atoms with E-state index in [1.807, 2.05) is 13.0 Å². The van der Waals surface area contributed by atoms with Gasteiger partial charge >= 0.3 is 0 Å². The minimum atomic E-state index is 0.673. The van der Waals surface area contributed by atoms with Gasteiger partial charge in [-0.2, -0.15) is 0 Å². The molecule has 0 aliphatic heterocycles. The molecule has 0 N–H and O–H groups in total. The van der Waals surface area contributed by atoms with E-state index in [2.05, 4.69) is 22.0 Å². The van der Waals surface area contributed by atoms with E-state index in [1.54, 1.807) is 0 Å². The molecule has 1 aliphatic carbocycles. The number of aryl methyl sites for hydroxylation is 1. The fourth-order valence-corrected chi connectivity index (χ4v) is 1.83. The molecule has 1 heterocycles. The van der Waals surface area contributed by atoms with Crippen molar-refractivity contribution >= 4 is 17.4 Å². The third-order valence-electron chi connectivity index (χ3n) is 2.48. The highest BCUT2D eigenvalue weighted by Crippen LogP contribution is 2.30. The number of halogens is 1. The Morgan fingerprint density at radius 3 is 2.86 bits per heavy atom. The Labute approximate surface area is 89.9 Å². The lowest BCUT2D eigenvalue weighted by Gasteiger charge is -2.22. The molecule has 1 saturated carbocycles. The summed E-state index contributed by atoms with van der Waals surface area (Å²) in [5, 5.41) is 0. The Morgan fingerprint density at radius 2 is 2.29 bits per heavy atom. The van der Waals surface area contributed by atoms with Gasteiger partial charge in [0.2, 0.25) is 0 Å². The molecule has 0 aromatic carbocycles. The molecule has 2 nitrogen and oxygen atoms in total. The van der Waals surface area contributed by atoms with Gasteiger partial charge in [0.1, 0.15) is 5.82 Å². The summed E-state index contributed by atoms with van der Waals surface area (Å²) >= 11 is 5.79. The van der Waals surface area contributed by atoms with Crippen molar-refractivity contribution in [2.75, 3.05) is 17.3 Å². The number of nitrogens with zero attached hydrogens (tertiary/aromatic N) is 2. The van der Waals surface area contributed by atoms with Crippen LogP contribution in [-0.4, -0.2) is 23.5 Å². The molecule has 2 rings (SSSR count). The van der Waals surface area contributed by atoms with Crippen LogP contribution in [0.4, 0.5) is 5.82 Å². The summed E-state index contributed by atoms with van der Waals surface area (Å²) in [7, 11) is 0. The van der Waals surface area contributed by atoms with Crippen molar-refractivity contribution in [2.24, 2.45) is 0 Å². The second-order valence-electron chi connectivity index (χ2n) is 3.75. The molecule has 76 valence electrons. The summed E-state index contributed by atoms with van der Waals surface area (Å²) in [5.74, 6) is 1.75. The van der Waals surface area contributed by atoms with E-state index in [-0.39, 0.29) is 0 Å². The van der Waals surface area contributed by atoms with E-state index < -0.39 is 0 Å². The van der Waals surface area contributed by atoms with Crippen LogP contribution in [0.1, 0.15) is 18.5 Å². The topological polar surface area (TPSA) is 16.1 Å². The van der Waals surface area contributed by atoms with Crippen LogP contribution in [0.3, 0.4) is 0 Å². The van der Waals surface area contributed by atoms with E-state index in [0.717, 1.165) is 18.1 Å². The van der Waals surface area contributed by atoms with E-state index in [9.17, 15) is 0 Å². The van der Waals surface area contributed by atoms with E-state index in [1.165, 1.54) is 12.8 Å². The average Bonchev–Trinajstić information content (AvgIpc) is 2.97. The van der Waals surface area contributed by atoms with Gasteiger partial charge in [0.25, 0.3) is 0 Å². The Morgan fingerprint density at radius 1 is 1.50 bits per heavy atom. The van der Waals surface area contributed by atoms with E-state index >= 15 is 0 Å². The Bertz CT molecular complexity index is 310. The van der Waals surface area contributed by atoms with E-state index in [0.29, 0.717) is 11.9 Å². The summed E-state index contributed by atoms with van der Waals surface area (Å²) in [6.07, 6.45) is 2.57. The van der Waals surface area contributed by atoms with Crippen molar-refractivity contribution in [3.8, 4) is 0 Å². The first-order valence-corrected chi connectivity index (χ1v) is 5.61. The molecular weight excluding hydrogens is 196 g/mol. The normalized spacial score (nSPS) is 15.6. The average molecular weight is 211 g/mol. The van der Waals surface area contributed by atoms with Gasteiger partial charge in [-0.3, -0.25) is 0 Å². The number of alkyl halides is 1. The molecule has 3 heteroatoms. The molecule has 1 aromatic heterocycles. The number of aromatic nitrogens is 1. The van der Waals surface area contributed by atoms with Gasteiger partial charge in [0, 0.05) is 24.2 Å². The quantitative estimate of drug-likeness (QED) is 0.711. The zero-order valence-electron chi connectivity index (χ0n) is 8.41. The molecule has 0 bridgehead atoms. The van der Waals surface area contributed by atoms with Gasteiger partial charge in [-0.05, 0) is 31.9 Å². The van der Waals surface area contributed by atoms with Gasteiger partial charge in [-0.15, -0.1) is 11.6 Å². The summed E-state index contributed by atoms with van der Waals surface area (Å²) < 4.78 is 0. The van der Waals surface area contributed by atoms with Crippen LogP contribution in [-0.2, 0) is 0 Å². The zero-order chi connectivity index (χ0) is 9.97. The Kier molecular flexibility index (Phi) is 2.92. The van der Waals surface area contributed by atoms with Crippen LogP contribution in [0.2, 0.25) is 0 Å². The molecule has 14 heavy (non-hydrogen) atoms. The lowest BCUT2D eigenvalue weighted by Crippen LogP contribution is -2.28. The fraction of sp³-hybridized carbons (Fsp3) is 0.545. The van der Waals surface area contributed by atoms with Crippen LogP contribution < -0.4 is 4.90 Å². The molecular formula is C11H15ClN2. The van der Waals surface area contributed by atoms with Crippen molar-refractivity contribution in [1.82, 2.24) is 4.98 Å². The number of rotatable bonds is 4. The number of anilines is 1. The van der Waals surface area contributed by atoms with Gasteiger partial charge in [-0.1, -0.05) is 6.07 Å². The van der Waals surface area contributed by atoms with Gasteiger partial charge in [0.05, 0.1) is 0 Å². The van der Waals surface area contributed by atoms with Crippen molar-refractivity contribution in [3.05, 3.63) is 23.9 Å². The molecule has 0 amide bonds. The Hall–Kier alpha value is -0.760. The molecule has 0 atom stereocenters. The van der Waals surface area contributed by atoms with Crippen molar-refractivity contribution < 1.29 is 0 Å². The highest BCUT2D eigenvalue weighted by molar-refractivity contribution is 6.18. The monoisotopic (exact) mass is 210 g/mol. The third kappa shape index (κ3) is 2.18. The standard InChI is InChI=1S/C11H15ClN2/c1-9-3-2-4-11(13-9)14(8-7-12)10-5-6-10/h2-4,10H,5-8H2,1H3. The van der Waals surface area contributed by atoms with Crippen LogP contribution in [0.25, 0.3) is 0 Å². The van der Waals surface area contributed by atoms with Gasteiger partial charge in [-0.25, -0.2) is 4.98 Å². The highest BCUT2D eigenvalue weighted by Gasteiger charge is 2.29. The summed E-state index contributed by atoms with van der Waals surface area (Å²) in [5.41, 5.74) is 1.07. The largest absolute Gasteiger partial charge is 0.352 e. The molecule has 1 aliphatic rings. The predicted molar refractivity (Wildman–Crippen MR) is 60.1 cm³/mol. The summed E-state index contributed by atoms with van der Waals surface area (Å²) in [6.45, 7) is 2.93. The second-order valence-corrected chi connectivity index (χ2v) is 4.13. The van der Waals surface area contributed by atoms with E-state index in [4.69, 9.17) is 11.6 Å². The predicted octanol–water partition coefficient (Wildman–Crippen LogP) is 2.60. The SMILES string of the molecule is Cc1cccc(N(CCCl)C2CC2)n1. The minimum Gasteiger partial charge on any atom is -0.352 e. The molecule has 0 radical (unpaired) electrons. The number of hydrogen-bond donors (Lipinski definition) is 0. The molecule has 0 unspecified atom stereocenters. The highest BCUT2D eigenvalue weighted by atomic mass is 35.5. The van der Waals surface area contributed by atoms with Crippen LogP contribution in [0.15, 0.2) is 18.2 Å². The zero-order valence-corrected chi connectivity index (χ0v) is 9.17. The smallest absolute Gasteiger partial charge is 0.129 e. The van der Waals surface area contributed by atoms with Crippen molar-refractivity contribution in [2.45, 2.75) is 25.8 Å². The minimum absolute atomic E-state index is 0.673. The first-order valence-electron chi connectivity index (χ1n) is 5.07. The summed E-state index contributed by atoms with van der Waals surface area (Å²) in [4.78, 5) is 6.84. The number of hydrogen-bond acceptors (Lipinski definition) is 2. The third-order valence-corrected chi connectivity index (χ3v) is 2.65. The Balaban J connectivity index is 2.16. The second kappa shape index (κ2) is 4.18. The first-order chi connectivity index (χ1) is 6.81. The van der Waals surface area contributed by atoms with Crippen LogP contribution >= 0.6 is 11.6 Å². The maximum atomic E-state index is 5.79. The lowest BCUT2D eigenvalue weighted by atomic mass is 10.3. The fourth-order valence-electron chi connectivity index (χ4n) is 1.65. The maximum Gasteiger partial charge on any atom is 0.129 e.